The van der Waals surface area contributed by atoms with Crippen molar-refractivity contribution < 1.29 is 13.9 Å². The van der Waals surface area contributed by atoms with Crippen molar-refractivity contribution in [3.63, 3.8) is 0 Å². The molecule has 0 aliphatic rings. The molecule has 0 aromatic heterocycles. The first-order valence-electron chi connectivity index (χ1n) is 12.7. The van der Waals surface area contributed by atoms with Gasteiger partial charge in [-0.25, -0.2) is 0 Å². The van der Waals surface area contributed by atoms with Gasteiger partial charge in [0, 0.05) is 11.1 Å². The lowest BCUT2D eigenvalue weighted by Crippen LogP contribution is -2.21. The highest BCUT2D eigenvalue weighted by Gasteiger charge is 2.42. The molecule has 4 heteroatoms. The van der Waals surface area contributed by atoms with Crippen LogP contribution in [0.25, 0.3) is 0 Å². The topological polar surface area (TPSA) is 38.7 Å². The summed E-state index contributed by atoms with van der Waals surface area (Å²) in [4.78, 5) is 11.6. The second-order valence-corrected chi connectivity index (χ2v) is 16.3. The first-order chi connectivity index (χ1) is 15.4. The van der Waals surface area contributed by atoms with Gasteiger partial charge in [0.1, 0.15) is 6.66 Å². The molecular formula is C31H50O3P+. The van der Waals surface area contributed by atoms with E-state index in [0.29, 0.717) is 0 Å². The Bertz CT molecular complexity index is 983. The van der Waals surface area contributed by atoms with E-state index >= 15 is 0 Å². The van der Waals surface area contributed by atoms with Crippen LogP contribution in [0.4, 0.5) is 0 Å². The Morgan fingerprint density at radius 3 is 1.06 bits per heavy atom. The van der Waals surface area contributed by atoms with Crippen molar-refractivity contribution in [1.82, 2.24) is 0 Å². The summed E-state index contributed by atoms with van der Waals surface area (Å²) in [6.45, 7) is 32.2. The van der Waals surface area contributed by atoms with Crippen LogP contribution in [0.15, 0.2) is 24.3 Å². The molecule has 0 saturated carbocycles. The Morgan fingerprint density at radius 2 is 0.829 bits per heavy atom. The van der Waals surface area contributed by atoms with E-state index in [-0.39, 0.29) is 21.7 Å². The fourth-order valence-corrected chi connectivity index (χ4v) is 5.33. The van der Waals surface area contributed by atoms with Crippen molar-refractivity contribution in [3.05, 3.63) is 57.6 Å². The largest absolute Gasteiger partial charge is 0.492 e. The van der Waals surface area contributed by atoms with Gasteiger partial charge in [0.15, 0.2) is 11.5 Å². The molecule has 2 aromatic rings. The minimum atomic E-state index is -3.24. The van der Waals surface area contributed by atoms with Crippen LogP contribution in [0.2, 0.25) is 0 Å². The summed E-state index contributed by atoms with van der Waals surface area (Å²) in [6, 6.07) is 8.81. The molecule has 2 aromatic carbocycles. The molecule has 0 spiro atoms. The predicted octanol–water partition coefficient (Wildman–Crippen LogP) is 9.34. The summed E-state index contributed by atoms with van der Waals surface area (Å²) < 4.78 is 12.9. The Hall–Kier alpha value is -1.57. The molecule has 0 bridgehead atoms. The van der Waals surface area contributed by atoms with Crippen molar-refractivity contribution in [2.24, 2.45) is 0 Å². The number of hydrogen-bond acceptors (Lipinski definition) is 3. The zero-order chi connectivity index (χ0) is 27.4. The number of rotatable bonds is 4. The van der Waals surface area contributed by atoms with E-state index in [4.69, 9.17) is 9.05 Å². The van der Waals surface area contributed by atoms with Crippen LogP contribution in [0.1, 0.15) is 116 Å². The summed E-state index contributed by atoms with van der Waals surface area (Å²) >= 11 is 0. The van der Waals surface area contributed by atoms with E-state index in [2.05, 4.69) is 121 Å². The van der Waals surface area contributed by atoms with Gasteiger partial charge in [-0.3, -0.25) is 9.05 Å². The molecule has 0 aliphatic heterocycles. The highest BCUT2D eigenvalue weighted by molar-refractivity contribution is 7.60. The molecule has 0 unspecified atom stereocenters. The first kappa shape index (κ1) is 29.7. The summed E-state index contributed by atoms with van der Waals surface area (Å²) in [6.07, 6.45) is 0. The van der Waals surface area contributed by atoms with E-state index in [1.165, 1.54) is 11.1 Å². The number of aryl methyl sites for hydroxylation is 2. The van der Waals surface area contributed by atoms with Crippen LogP contribution in [0, 0.1) is 13.8 Å². The molecule has 0 atom stereocenters. The van der Waals surface area contributed by atoms with E-state index in [9.17, 15) is 4.89 Å². The van der Waals surface area contributed by atoms with Gasteiger partial charge in [0.05, 0.1) is 0 Å². The first-order valence-corrected chi connectivity index (χ1v) is 14.8. The third-order valence-corrected chi connectivity index (χ3v) is 7.46. The van der Waals surface area contributed by atoms with Crippen molar-refractivity contribution in [3.8, 4) is 11.5 Å². The predicted molar refractivity (Wildman–Crippen MR) is 153 cm³/mol. The molecule has 35 heavy (non-hydrogen) atoms. The summed E-state index contributed by atoms with van der Waals surface area (Å²) in [5, 5.41) is 0. The lowest BCUT2D eigenvalue weighted by atomic mass is 9.79. The van der Waals surface area contributed by atoms with E-state index in [1.54, 1.807) is 6.66 Å². The lowest BCUT2D eigenvalue weighted by Gasteiger charge is -2.30. The molecular weight excluding hydrogens is 451 g/mol. The van der Waals surface area contributed by atoms with Crippen molar-refractivity contribution in [1.29, 1.82) is 0 Å². The van der Waals surface area contributed by atoms with Crippen molar-refractivity contribution in [2.45, 2.75) is 119 Å². The maximum absolute atomic E-state index is 11.6. The van der Waals surface area contributed by atoms with Crippen LogP contribution in [0.5, 0.6) is 11.5 Å². The smallest absolute Gasteiger partial charge is 0.278 e. The normalized spacial score (nSPS) is 13.7. The quantitative estimate of drug-likeness (QED) is 0.424. The SMILES string of the molecule is Cc1cc(C(C)(C)C)cc(C(C)(C)C)c1O[P+](C)(O)Oc1c(C)cc(C(C)(C)C)cc1C(C)(C)C. The van der Waals surface area contributed by atoms with Gasteiger partial charge in [0.2, 0.25) is 0 Å². The maximum Gasteiger partial charge on any atom is 0.492 e. The average molecular weight is 502 g/mol. The minimum absolute atomic E-state index is 0.0188. The van der Waals surface area contributed by atoms with Crippen LogP contribution in [-0.4, -0.2) is 11.6 Å². The Balaban J connectivity index is 2.61. The highest BCUT2D eigenvalue weighted by atomic mass is 31.2. The fourth-order valence-electron chi connectivity index (χ4n) is 4.13. The summed E-state index contributed by atoms with van der Waals surface area (Å²) in [5.41, 5.74) is 6.46. The molecule has 2 rings (SSSR count). The third-order valence-electron chi connectivity index (χ3n) is 6.42. The lowest BCUT2D eigenvalue weighted by molar-refractivity contribution is 0.344. The Kier molecular flexibility index (Phi) is 7.95. The van der Waals surface area contributed by atoms with Gasteiger partial charge in [0.25, 0.3) is 0 Å². The van der Waals surface area contributed by atoms with Gasteiger partial charge in [-0.2, -0.15) is 4.89 Å². The zero-order valence-electron chi connectivity index (χ0n) is 25.0. The summed E-state index contributed by atoms with van der Waals surface area (Å²) in [5.74, 6) is 1.45. The number of benzene rings is 2. The minimum Gasteiger partial charge on any atom is -0.278 e. The molecule has 0 saturated heterocycles. The molecule has 1 N–H and O–H groups in total. The van der Waals surface area contributed by atoms with Gasteiger partial charge in [-0.05, 0) is 57.8 Å². The monoisotopic (exact) mass is 501 g/mol. The fraction of sp³-hybridized carbons (Fsp3) is 0.613. The molecule has 0 radical (unpaired) electrons. The molecule has 196 valence electrons. The highest BCUT2D eigenvalue weighted by Crippen LogP contribution is 2.57. The second kappa shape index (κ2) is 9.38. The van der Waals surface area contributed by atoms with Crippen molar-refractivity contribution in [2.75, 3.05) is 6.66 Å². The molecule has 0 amide bonds. The van der Waals surface area contributed by atoms with E-state index in [0.717, 1.165) is 33.8 Å². The standard InChI is InChI=1S/C31H50O3P/c1-20-16-22(28(3,4)5)18-24(30(9,10)11)26(20)33-35(15,32)34-27-21(2)17-23(29(6,7)8)19-25(27)31(12,13)14/h16-19,32H,1-15H3/q+1. The van der Waals surface area contributed by atoms with Crippen molar-refractivity contribution >= 4 is 7.94 Å². The number of hydrogen-bond donors (Lipinski definition) is 1. The Labute approximate surface area is 216 Å². The third kappa shape index (κ3) is 7.23. The maximum atomic E-state index is 11.6. The Morgan fingerprint density at radius 1 is 0.543 bits per heavy atom. The summed E-state index contributed by atoms with van der Waals surface area (Å²) in [7, 11) is -3.24. The van der Waals surface area contributed by atoms with Crippen LogP contribution >= 0.6 is 7.94 Å². The van der Waals surface area contributed by atoms with Crippen LogP contribution in [-0.2, 0) is 21.7 Å². The second-order valence-electron chi connectivity index (χ2n) is 14.3. The van der Waals surface area contributed by atoms with Gasteiger partial charge in [-0.15, -0.1) is 0 Å². The zero-order valence-corrected chi connectivity index (χ0v) is 25.9. The molecule has 3 nitrogen and oxygen atoms in total. The van der Waals surface area contributed by atoms with E-state index < -0.39 is 7.94 Å². The van der Waals surface area contributed by atoms with Crippen LogP contribution in [0.3, 0.4) is 0 Å². The average Bonchev–Trinajstić information content (AvgIpc) is 2.60. The van der Waals surface area contributed by atoms with E-state index in [1.807, 2.05) is 0 Å². The molecule has 0 aliphatic carbocycles. The van der Waals surface area contributed by atoms with Gasteiger partial charge >= 0.3 is 7.94 Å². The van der Waals surface area contributed by atoms with Gasteiger partial charge < -0.3 is 0 Å². The van der Waals surface area contributed by atoms with Crippen LogP contribution < -0.4 is 9.05 Å². The van der Waals surface area contributed by atoms with Gasteiger partial charge in [-0.1, -0.05) is 107 Å². The molecule has 0 fully saturated rings. The molecule has 0 heterocycles.